The third-order valence-corrected chi connectivity index (χ3v) is 12.5. The van der Waals surface area contributed by atoms with Crippen molar-refractivity contribution in [1.82, 2.24) is 9.80 Å². The molecule has 0 radical (unpaired) electrons. The molecule has 0 N–H and O–H groups in total. The van der Waals surface area contributed by atoms with Crippen LogP contribution in [0.4, 0.5) is 21.9 Å². The number of aryl methyl sites for hydroxylation is 1. The van der Waals surface area contributed by atoms with Crippen LogP contribution >= 0.6 is 58.4 Å². The standard InChI is InChI=1S/C37H27N3O3S5/c1-22-4-10-25(11-5-22)40(26-12-6-23(7-13-26)30-18-16-28(45-30)20-32-34(41)38(2)36(43)47-32)27-14-8-24(9-15-27)31-19-17-29(46-31)21-33-35(42)39(3)37(44)48-33/h4-21H,1-3H3/b32-20+,33-21-. The highest BCUT2D eigenvalue weighted by Gasteiger charge is 2.32. The van der Waals surface area contributed by atoms with Crippen LogP contribution in [0.25, 0.3) is 33.0 Å². The molecule has 3 aromatic carbocycles. The molecule has 0 atom stereocenters. The van der Waals surface area contributed by atoms with Crippen molar-refractivity contribution in [3.8, 4) is 20.9 Å². The summed E-state index contributed by atoms with van der Waals surface area (Å²) in [5.74, 6) is -0.323. The lowest BCUT2D eigenvalue weighted by molar-refractivity contribution is -0.122. The van der Waals surface area contributed by atoms with Gasteiger partial charge in [0.25, 0.3) is 17.1 Å². The van der Waals surface area contributed by atoms with Crippen molar-refractivity contribution in [2.24, 2.45) is 0 Å². The van der Waals surface area contributed by atoms with Gasteiger partial charge in [-0.1, -0.05) is 65.9 Å². The molecule has 2 aliphatic heterocycles. The molecular formula is C37H27N3O3S5. The second-order valence-corrected chi connectivity index (χ2v) is 16.0. The summed E-state index contributed by atoms with van der Waals surface area (Å²) in [6.45, 7) is 2.08. The number of imide groups is 1. The van der Waals surface area contributed by atoms with Gasteiger partial charge in [0, 0.05) is 50.7 Å². The first-order valence-electron chi connectivity index (χ1n) is 14.8. The summed E-state index contributed by atoms with van der Waals surface area (Å²) in [5, 5.41) is -0.253. The smallest absolute Gasteiger partial charge is 0.293 e. The maximum atomic E-state index is 12.5. The number of nitrogens with zero attached hydrogens (tertiary/aromatic N) is 3. The molecule has 2 aliphatic rings. The monoisotopic (exact) mass is 721 g/mol. The minimum absolute atomic E-state index is 0.0607. The number of hydrogen-bond donors (Lipinski definition) is 0. The van der Waals surface area contributed by atoms with Gasteiger partial charge < -0.3 is 4.90 Å². The van der Waals surface area contributed by atoms with Gasteiger partial charge >= 0.3 is 0 Å². The van der Waals surface area contributed by atoms with E-state index in [1.165, 1.54) is 29.3 Å². The quantitative estimate of drug-likeness (QED) is 0.122. The first-order valence-corrected chi connectivity index (χ1v) is 18.5. The Balaban J connectivity index is 1.14. The van der Waals surface area contributed by atoms with E-state index in [4.69, 9.17) is 12.2 Å². The molecule has 11 heteroatoms. The predicted molar refractivity (Wildman–Crippen MR) is 207 cm³/mol. The number of thiocarbonyl (C=S) groups is 1. The Morgan fingerprint density at radius 3 is 1.44 bits per heavy atom. The first-order chi connectivity index (χ1) is 23.1. The minimum atomic E-state index is -0.263. The lowest BCUT2D eigenvalue weighted by atomic mass is 10.1. The van der Waals surface area contributed by atoms with Crippen molar-refractivity contribution in [2.45, 2.75) is 6.92 Å². The zero-order valence-corrected chi connectivity index (χ0v) is 30.1. The van der Waals surface area contributed by atoms with Crippen LogP contribution in [0.3, 0.4) is 0 Å². The fourth-order valence-corrected chi connectivity index (χ4v) is 9.26. The highest BCUT2D eigenvalue weighted by Crippen LogP contribution is 2.40. The average molecular weight is 722 g/mol. The number of amides is 3. The van der Waals surface area contributed by atoms with Gasteiger partial charge in [0.05, 0.1) is 9.81 Å². The molecule has 4 heterocycles. The topological polar surface area (TPSA) is 60.9 Å². The van der Waals surface area contributed by atoms with Gasteiger partial charge in [0.1, 0.15) is 4.32 Å². The van der Waals surface area contributed by atoms with Gasteiger partial charge in [-0.3, -0.25) is 24.2 Å². The Labute approximate surface area is 300 Å². The molecule has 0 spiro atoms. The average Bonchev–Trinajstić information content (AvgIpc) is 3.87. The van der Waals surface area contributed by atoms with Crippen molar-refractivity contribution < 1.29 is 14.4 Å². The molecule has 0 unspecified atom stereocenters. The van der Waals surface area contributed by atoms with Crippen molar-refractivity contribution in [1.29, 1.82) is 0 Å². The van der Waals surface area contributed by atoms with Crippen LogP contribution in [0.15, 0.2) is 107 Å². The molecule has 2 fully saturated rings. The van der Waals surface area contributed by atoms with Crippen LogP contribution in [0, 0.1) is 6.92 Å². The van der Waals surface area contributed by atoms with E-state index in [0.717, 1.165) is 64.4 Å². The van der Waals surface area contributed by atoms with Crippen LogP contribution in [-0.4, -0.2) is 45.3 Å². The Hall–Kier alpha value is -4.26. The number of thioether (sulfide) groups is 2. The number of likely N-dealkylation sites (N-methyl/N-ethyl adjacent to an activating group) is 2. The van der Waals surface area contributed by atoms with E-state index < -0.39 is 0 Å². The fraction of sp³-hybridized carbons (Fsp3) is 0.0811. The third kappa shape index (κ3) is 6.44. The van der Waals surface area contributed by atoms with E-state index >= 15 is 0 Å². The zero-order valence-electron chi connectivity index (χ0n) is 26.0. The van der Waals surface area contributed by atoms with E-state index in [0.29, 0.717) is 14.1 Å². The molecule has 3 amide bonds. The van der Waals surface area contributed by atoms with E-state index in [1.807, 2.05) is 24.3 Å². The summed E-state index contributed by atoms with van der Waals surface area (Å²) in [5.41, 5.74) is 6.47. The minimum Gasteiger partial charge on any atom is -0.311 e. The van der Waals surface area contributed by atoms with Crippen LogP contribution in [0.2, 0.25) is 0 Å². The molecular weight excluding hydrogens is 695 g/mol. The normalized spacial score (nSPS) is 16.6. The largest absolute Gasteiger partial charge is 0.311 e. The van der Waals surface area contributed by atoms with Gasteiger partial charge in [-0.25, -0.2) is 0 Å². The third-order valence-electron chi connectivity index (χ3n) is 7.89. The van der Waals surface area contributed by atoms with E-state index in [9.17, 15) is 14.4 Å². The summed E-state index contributed by atoms with van der Waals surface area (Å²) in [6, 6.07) is 33.6. The molecule has 48 heavy (non-hydrogen) atoms. The summed E-state index contributed by atoms with van der Waals surface area (Å²) in [4.78, 5) is 46.8. The van der Waals surface area contributed by atoms with Crippen LogP contribution in [-0.2, 0) is 9.59 Å². The summed E-state index contributed by atoms with van der Waals surface area (Å²) in [6.07, 6.45) is 3.71. The predicted octanol–water partition coefficient (Wildman–Crippen LogP) is 10.4. The molecule has 0 aliphatic carbocycles. The molecule has 5 aromatic rings. The SMILES string of the molecule is Cc1ccc(N(c2ccc(-c3ccc(/C=C4\SC(=S)N(C)C4=O)s3)cc2)c2ccc(-c3ccc(/C=C4/SC(=O)N(C)C4=O)s3)cc2)cc1. The summed E-state index contributed by atoms with van der Waals surface area (Å²) >= 11 is 10.8. The van der Waals surface area contributed by atoms with E-state index in [2.05, 4.69) is 90.7 Å². The number of anilines is 3. The van der Waals surface area contributed by atoms with Gasteiger partial charge in [-0.05, 0) is 103 Å². The van der Waals surface area contributed by atoms with Crippen LogP contribution < -0.4 is 4.90 Å². The maximum Gasteiger partial charge on any atom is 0.293 e. The highest BCUT2D eigenvalue weighted by molar-refractivity contribution is 8.26. The Morgan fingerprint density at radius 2 is 1.02 bits per heavy atom. The molecule has 0 bridgehead atoms. The lowest BCUT2D eigenvalue weighted by Gasteiger charge is -2.26. The molecule has 7 rings (SSSR count). The zero-order chi connectivity index (χ0) is 33.5. The Morgan fingerprint density at radius 1 is 0.583 bits per heavy atom. The number of benzene rings is 3. The number of carbonyl (C=O) groups excluding carboxylic acids is 3. The highest BCUT2D eigenvalue weighted by atomic mass is 32.2. The number of rotatable bonds is 7. The number of thiophene rings is 2. The van der Waals surface area contributed by atoms with Gasteiger partial charge in [-0.2, -0.15) is 0 Å². The molecule has 2 saturated heterocycles. The molecule has 238 valence electrons. The second kappa shape index (κ2) is 13.3. The summed E-state index contributed by atoms with van der Waals surface area (Å²) in [7, 11) is 3.21. The maximum absolute atomic E-state index is 12.5. The summed E-state index contributed by atoms with van der Waals surface area (Å²) < 4.78 is 0.574. The van der Waals surface area contributed by atoms with Crippen LogP contribution in [0.5, 0.6) is 0 Å². The molecule has 2 aromatic heterocycles. The first kappa shape index (κ1) is 32.3. The van der Waals surface area contributed by atoms with Crippen molar-refractivity contribution in [3.63, 3.8) is 0 Å². The second-order valence-electron chi connectivity index (χ2n) is 11.2. The van der Waals surface area contributed by atoms with Crippen LogP contribution in [0.1, 0.15) is 15.3 Å². The van der Waals surface area contributed by atoms with E-state index in [-0.39, 0.29) is 17.1 Å². The lowest BCUT2D eigenvalue weighted by Crippen LogP contribution is -2.22. The van der Waals surface area contributed by atoms with Gasteiger partial charge in [0.2, 0.25) is 0 Å². The molecule has 0 saturated carbocycles. The fourth-order valence-electron chi connectivity index (χ4n) is 5.21. The Bertz CT molecular complexity index is 2010. The van der Waals surface area contributed by atoms with Crippen molar-refractivity contribution in [3.05, 3.63) is 122 Å². The van der Waals surface area contributed by atoms with Crippen molar-refractivity contribution >= 4 is 109 Å². The van der Waals surface area contributed by atoms with Gasteiger partial charge in [-0.15, -0.1) is 22.7 Å². The van der Waals surface area contributed by atoms with E-state index in [1.54, 1.807) is 35.8 Å². The Kier molecular flexibility index (Phi) is 8.97. The van der Waals surface area contributed by atoms with Crippen molar-refractivity contribution in [2.75, 3.05) is 19.0 Å². The molecule has 6 nitrogen and oxygen atoms in total. The number of carbonyl (C=O) groups is 3. The van der Waals surface area contributed by atoms with Gasteiger partial charge in [0.15, 0.2) is 0 Å². The number of hydrogen-bond acceptors (Lipinski definition) is 9.